The summed E-state index contributed by atoms with van der Waals surface area (Å²) in [5.41, 5.74) is 1.02. The van der Waals surface area contributed by atoms with Crippen LogP contribution in [0.3, 0.4) is 0 Å². The standard InChI is InChI=1S/C16H23NO6S/c1-5-11(2)12-6-8-13(9-7-12)24(20,21)17-14(16(19)23-4)10-15(18)22-3/h6-9,11,14,17H,5,10H2,1-4H3. The highest BCUT2D eigenvalue weighted by molar-refractivity contribution is 7.89. The second-order valence-corrected chi connectivity index (χ2v) is 7.07. The van der Waals surface area contributed by atoms with Gasteiger partial charge in [0.2, 0.25) is 10.0 Å². The van der Waals surface area contributed by atoms with Gasteiger partial charge in [-0.2, -0.15) is 4.72 Å². The molecule has 0 aliphatic carbocycles. The third-order valence-electron chi connectivity index (χ3n) is 3.75. The first-order valence-corrected chi connectivity index (χ1v) is 9.00. The van der Waals surface area contributed by atoms with Crippen LogP contribution in [0.2, 0.25) is 0 Å². The molecule has 0 saturated carbocycles. The third kappa shape index (κ3) is 5.31. The number of carbonyl (C=O) groups is 2. The first kappa shape index (κ1) is 20.1. The molecule has 24 heavy (non-hydrogen) atoms. The quantitative estimate of drug-likeness (QED) is 0.709. The first-order chi connectivity index (χ1) is 11.2. The van der Waals surface area contributed by atoms with Crippen molar-refractivity contribution in [2.24, 2.45) is 0 Å². The van der Waals surface area contributed by atoms with Crippen LogP contribution in [0.4, 0.5) is 0 Å². The normalized spacial score (nSPS) is 13.8. The Labute approximate surface area is 142 Å². The summed E-state index contributed by atoms with van der Waals surface area (Å²) in [6, 6.07) is 5.06. The van der Waals surface area contributed by atoms with Gasteiger partial charge >= 0.3 is 11.9 Å². The number of hydrogen-bond donors (Lipinski definition) is 1. The maximum atomic E-state index is 12.4. The van der Waals surface area contributed by atoms with Crippen LogP contribution in [0, 0.1) is 0 Å². The number of methoxy groups -OCH3 is 2. The molecule has 1 aromatic rings. The second-order valence-electron chi connectivity index (χ2n) is 5.36. The molecule has 2 unspecified atom stereocenters. The van der Waals surface area contributed by atoms with Gasteiger partial charge in [0.05, 0.1) is 25.5 Å². The van der Waals surface area contributed by atoms with Crippen molar-refractivity contribution in [2.75, 3.05) is 14.2 Å². The van der Waals surface area contributed by atoms with Gasteiger partial charge in [-0.3, -0.25) is 9.59 Å². The van der Waals surface area contributed by atoms with E-state index in [4.69, 9.17) is 0 Å². The van der Waals surface area contributed by atoms with Gasteiger partial charge in [0.15, 0.2) is 0 Å². The van der Waals surface area contributed by atoms with Crippen LogP contribution >= 0.6 is 0 Å². The molecule has 1 N–H and O–H groups in total. The first-order valence-electron chi connectivity index (χ1n) is 7.52. The van der Waals surface area contributed by atoms with Gasteiger partial charge < -0.3 is 9.47 Å². The summed E-state index contributed by atoms with van der Waals surface area (Å²) in [4.78, 5) is 23.1. The van der Waals surface area contributed by atoms with Crippen molar-refractivity contribution in [2.45, 2.75) is 43.5 Å². The van der Waals surface area contributed by atoms with E-state index in [1.165, 1.54) is 12.1 Å². The minimum absolute atomic E-state index is 0.00771. The molecule has 134 valence electrons. The van der Waals surface area contributed by atoms with Crippen molar-refractivity contribution in [3.05, 3.63) is 29.8 Å². The fourth-order valence-corrected chi connectivity index (χ4v) is 3.22. The smallest absolute Gasteiger partial charge is 0.324 e. The van der Waals surface area contributed by atoms with E-state index in [0.717, 1.165) is 26.2 Å². The van der Waals surface area contributed by atoms with Crippen LogP contribution in [0.1, 0.15) is 38.2 Å². The summed E-state index contributed by atoms with van der Waals surface area (Å²) in [5.74, 6) is -1.27. The zero-order valence-corrected chi connectivity index (χ0v) is 15.1. The minimum Gasteiger partial charge on any atom is -0.469 e. The zero-order chi connectivity index (χ0) is 18.3. The summed E-state index contributed by atoms with van der Waals surface area (Å²) in [5, 5.41) is 0. The molecule has 0 saturated heterocycles. The number of benzene rings is 1. The van der Waals surface area contributed by atoms with Crippen molar-refractivity contribution in [1.82, 2.24) is 4.72 Å². The lowest BCUT2D eigenvalue weighted by Crippen LogP contribution is -2.43. The van der Waals surface area contributed by atoms with Crippen LogP contribution in [0.25, 0.3) is 0 Å². The molecule has 2 atom stereocenters. The van der Waals surface area contributed by atoms with Gasteiger partial charge in [-0.25, -0.2) is 8.42 Å². The number of carbonyl (C=O) groups excluding carboxylic acids is 2. The van der Waals surface area contributed by atoms with E-state index in [1.807, 2.05) is 13.8 Å². The van der Waals surface area contributed by atoms with E-state index in [2.05, 4.69) is 14.2 Å². The average Bonchev–Trinajstić information content (AvgIpc) is 2.59. The highest BCUT2D eigenvalue weighted by atomic mass is 32.2. The maximum Gasteiger partial charge on any atom is 0.324 e. The molecule has 0 radical (unpaired) electrons. The third-order valence-corrected chi connectivity index (χ3v) is 5.24. The molecule has 7 nitrogen and oxygen atoms in total. The minimum atomic E-state index is -3.98. The topological polar surface area (TPSA) is 98.8 Å². The van der Waals surface area contributed by atoms with E-state index in [9.17, 15) is 18.0 Å². The molecule has 0 heterocycles. The number of rotatable bonds is 8. The summed E-state index contributed by atoms with van der Waals surface area (Å²) >= 11 is 0. The fourth-order valence-electron chi connectivity index (χ4n) is 2.03. The molecular formula is C16H23NO6S. The Morgan fingerprint density at radius 1 is 1.12 bits per heavy atom. The lowest BCUT2D eigenvalue weighted by Gasteiger charge is -2.16. The van der Waals surface area contributed by atoms with E-state index in [-0.39, 0.29) is 4.90 Å². The van der Waals surface area contributed by atoms with Crippen molar-refractivity contribution >= 4 is 22.0 Å². The van der Waals surface area contributed by atoms with Crippen molar-refractivity contribution in [3.8, 4) is 0 Å². The predicted octanol–water partition coefficient (Wildman–Crippen LogP) is 1.58. The molecule has 0 fully saturated rings. The Hall–Kier alpha value is -1.93. The lowest BCUT2D eigenvalue weighted by atomic mass is 9.99. The van der Waals surface area contributed by atoms with Gasteiger partial charge in [-0.05, 0) is 30.0 Å². The number of sulfonamides is 1. The second kappa shape index (κ2) is 8.79. The molecule has 0 aromatic heterocycles. The molecule has 0 aliphatic rings. The van der Waals surface area contributed by atoms with Gasteiger partial charge in [0.25, 0.3) is 0 Å². The number of ether oxygens (including phenoxy) is 2. The SMILES string of the molecule is CCC(C)c1ccc(S(=O)(=O)NC(CC(=O)OC)C(=O)OC)cc1. The van der Waals surface area contributed by atoms with Crippen LogP contribution in [-0.4, -0.2) is 40.6 Å². The molecule has 0 amide bonds. The van der Waals surface area contributed by atoms with Crippen molar-refractivity contribution in [3.63, 3.8) is 0 Å². The van der Waals surface area contributed by atoms with Crippen LogP contribution in [0.15, 0.2) is 29.2 Å². The molecule has 0 bridgehead atoms. The largest absolute Gasteiger partial charge is 0.469 e. The Bertz CT molecular complexity index is 668. The van der Waals surface area contributed by atoms with Crippen molar-refractivity contribution in [1.29, 1.82) is 0 Å². The lowest BCUT2D eigenvalue weighted by molar-refractivity contribution is -0.149. The highest BCUT2D eigenvalue weighted by Gasteiger charge is 2.29. The molecule has 0 aliphatic heterocycles. The van der Waals surface area contributed by atoms with Gasteiger partial charge in [0, 0.05) is 0 Å². The van der Waals surface area contributed by atoms with E-state index in [0.29, 0.717) is 5.92 Å². The number of esters is 2. The van der Waals surface area contributed by atoms with Gasteiger partial charge in [-0.1, -0.05) is 26.0 Å². The van der Waals surface area contributed by atoms with Gasteiger partial charge in [-0.15, -0.1) is 0 Å². The summed E-state index contributed by atoms with van der Waals surface area (Å²) in [6.07, 6.45) is 0.487. The Morgan fingerprint density at radius 3 is 2.17 bits per heavy atom. The van der Waals surface area contributed by atoms with Crippen molar-refractivity contribution < 1.29 is 27.5 Å². The number of hydrogen-bond acceptors (Lipinski definition) is 6. The number of nitrogens with one attached hydrogen (secondary N) is 1. The van der Waals surface area contributed by atoms with E-state index < -0.39 is 34.4 Å². The van der Waals surface area contributed by atoms with Gasteiger partial charge in [0.1, 0.15) is 6.04 Å². The van der Waals surface area contributed by atoms with E-state index in [1.54, 1.807) is 12.1 Å². The fraction of sp³-hybridized carbons (Fsp3) is 0.500. The molecule has 1 rings (SSSR count). The average molecular weight is 357 g/mol. The Kier molecular flexibility index (Phi) is 7.37. The van der Waals surface area contributed by atoms with Crippen LogP contribution < -0.4 is 4.72 Å². The van der Waals surface area contributed by atoms with Crippen LogP contribution in [0.5, 0.6) is 0 Å². The zero-order valence-electron chi connectivity index (χ0n) is 14.2. The van der Waals surface area contributed by atoms with E-state index >= 15 is 0 Å². The molecular weight excluding hydrogens is 334 g/mol. The maximum absolute atomic E-state index is 12.4. The molecule has 1 aromatic carbocycles. The molecule has 0 spiro atoms. The molecule has 8 heteroatoms. The summed E-state index contributed by atoms with van der Waals surface area (Å²) in [6.45, 7) is 4.09. The Morgan fingerprint density at radius 2 is 1.71 bits per heavy atom. The predicted molar refractivity (Wildman–Crippen MR) is 87.9 cm³/mol. The highest BCUT2D eigenvalue weighted by Crippen LogP contribution is 2.20. The monoisotopic (exact) mass is 357 g/mol. The summed E-state index contributed by atoms with van der Waals surface area (Å²) < 4.78 is 36.0. The van der Waals surface area contributed by atoms with Crippen LogP contribution in [-0.2, 0) is 29.1 Å². The Balaban J connectivity index is 3.00. The summed E-state index contributed by atoms with van der Waals surface area (Å²) in [7, 11) is -1.71.